The molecule has 1 aromatic heterocycles. The molecule has 29 heavy (non-hydrogen) atoms. The monoisotopic (exact) mass is 434 g/mol. The molecule has 1 fully saturated rings. The van der Waals surface area contributed by atoms with E-state index in [0.29, 0.717) is 22.3 Å². The number of amides is 1. The first-order chi connectivity index (χ1) is 13.6. The molecule has 0 radical (unpaired) electrons. The zero-order valence-electron chi connectivity index (χ0n) is 17.5. The first kappa shape index (κ1) is 20.6. The van der Waals surface area contributed by atoms with Gasteiger partial charge in [-0.05, 0) is 64.7 Å². The molecule has 0 saturated heterocycles. The molecule has 1 amide bonds. The molecule has 1 aliphatic heterocycles. The van der Waals surface area contributed by atoms with Crippen LogP contribution >= 0.6 is 22.9 Å². The van der Waals surface area contributed by atoms with Crippen molar-refractivity contribution < 1.29 is 14.3 Å². The molecular formula is C22H27ClN2O3S. The van der Waals surface area contributed by atoms with Crippen molar-refractivity contribution in [1.29, 1.82) is 0 Å². The van der Waals surface area contributed by atoms with E-state index < -0.39 is 11.2 Å². The van der Waals surface area contributed by atoms with E-state index >= 15 is 0 Å². The third-order valence-electron chi connectivity index (χ3n) is 5.79. The van der Waals surface area contributed by atoms with E-state index in [2.05, 4.69) is 37.3 Å². The van der Waals surface area contributed by atoms with Gasteiger partial charge in [0.2, 0.25) is 0 Å². The second-order valence-corrected chi connectivity index (χ2v) is 10.3. The van der Waals surface area contributed by atoms with Crippen molar-refractivity contribution in [2.24, 2.45) is 10.9 Å². The van der Waals surface area contributed by atoms with Crippen LogP contribution in [0.5, 0.6) is 5.75 Å². The summed E-state index contributed by atoms with van der Waals surface area (Å²) in [5, 5.41) is 0.482. The SMILES string of the molecule is COc1ccc(Cl)cc1C(=O)/N=c1\sc2c(n1CC1CCC1)C(C)(C)OC2(C)C. The normalized spacial score (nSPS) is 20.4. The Morgan fingerprint density at radius 1 is 1.31 bits per heavy atom. The highest BCUT2D eigenvalue weighted by Gasteiger charge is 2.47. The van der Waals surface area contributed by atoms with Gasteiger partial charge in [-0.15, -0.1) is 0 Å². The number of thiazole rings is 1. The molecule has 2 aromatic rings. The lowest BCUT2D eigenvalue weighted by Crippen LogP contribution is -2.32. The molecule has 1 aromatic carbocycles. The van der Waals surface area contributed by atoms with E-state index in [0.717, 1.165) is 21.9 Å². The summed E-state index contributed by atoms with van der Waals surface area (Å²) in [6.07, 6.45) is 3.71. The molecule has 5 nitrogen and oxygen atoms in total. The zero-order chi connectivity index (χ0) is 21.0. The van der Waals surface area contributed by atoms with Crippen molar-refractivity contribution in [3.63, 3.8) is 0 Å². The van der Waals surface area contributed by atoms with Gasteiger partial charge in [0.25, 0.3) is 5.91 Å². The fourth-order valence-corrected chi connectivity index (χ4v) is 5.83. The summed E-state index contributed by atoms with van der Waals surface area (Å²) < 4.78 is 13.9. The molecule has 1 aliphatic carbocycles. The maximum Gasteiger partial charge on any atom is 0.283 e. The van der Waals surface area contributed by atoms with Crippen LogP contribution < -0.4 is 9.54 Å². The number of hydrogen-bond donors (Lipinski definition) is 0. The summed E-state index contributed by atoms with van der Waals surface area (Å²) in [6.45, 7) is 9.21. The van der Waals surface area contributed by atoms with Crippen LogP contribution in [-0.4, -0.2) is 17.6 Å². The van der Waals surface area contributed by atoms with Crippen LogP contribution in [0.1, 0.15) is 67.9 Å². The van der Waals surface area contributed by atoms with E-state index in [-0.39, 0.29) is 5.91 Å². The standard InChI is InChI=1S/C22H27ClN2O3S/c1-21(2)17-18(22(3,4)28-21)29-20(25(17)12-13-7-6-8-13)24-19(26)15-11-14(23)9-10-16(15)27-5/h9-11,13H,6-8,12H2,1-5H3/b24-20-. The minimum absolute atomic E-state index is 0.344. The van der Waals surface area contributed by atoms with Crippen molar-refractivity contribution >= 4 is 28.8 Å². The number of rotatable bonds is 4. The Balaban J connectivity index is 1.86. The highest BCUT2D eigenvalue weighted by atomic mass is 35.5. The lowest BCUT2D eigenvalue weighted by molar-refractivity contribution is -0.107. The van der Waals surface area contributed by atoms with Crippen LogP contribution in [0.15, 0.2) is 23.2 Å². The molecule has 2 aliphatic rings. The zero-order valence-corrected chi connectivity index (χ0v) is 19.1. The van der Waals surface area contributed by atoms with Gasteiger partial charge in [-0.3, -0.25) is 4.79 Å². The predicted molar refractivity (Wildman–Crippen MR) is 115 cm³/mol. The third-order valence-corrected chi connectivity index (χ3v) is 7.41. The third kappa shape index (κ3) is 3.66. The number of aromatic nitrogens is 1. The molecule has 0 unspecified atom stereocenters. The second kappa shape index (κ2) is 7.25. The molecule has 2 heterocycles. The highest BCUT2D eigenvalue weighted by Crippen LogP contribution is 2.48. The number of carbonyl (C=O) groups is 1. The molecule has 0 atom stereocenters. The van der Waals surface area contributed by atoms with Gasteiger partial charge in [-0.2, -0.15) is 4.99 Å². The Morgan fingerprint density at radius 2 is 2.03 bits per heavy atom. The smallest absolute Gasteiger partial charge is 0.283 e. The molecule has 1 saturated carbocycles. The summed E-state index contributed by atoms with van der Waals surface area (Å²) in [5.41, 5.74) is 0.682. The number of carbonyl (C=O) groups excluding carboxylic acids is 1. The number of methoxy groups -OCH3 is 1. The number of hydrogen-bond acceptors (Lipinski definition) is 4. The first-order valence-corrected chi connectivity index (χ1v) is 11.2. The van der Waals surface area contributed by atoms with Crippen LogP contribution in [0.3, 0.4) is 0 Å². The molecular weight excluding hydrogens is 408 g/mol. The van der Waals surface area contributed by atoms with Crippen LogP contribution in [-0.2, 0) is 22.5 Å². The highest BCUT2D eigenvalue weighted by molar-refractivity contribution is 7.09. The largest absolute Gasteiger partial charge is 0.496 e. The summed E-state index contributed by atoms with van der Waals surface area (Å²) in [6, 6.07) is 5.01. The van der Waals surface area contributed by atoms with Gasteiger partial charge >= 0.3 is 0 Å². The van der Waals surface area contributed by atoms with Gasteiger partial charge in [0.1, 0.15) is 11.4 Å². The van der Waals surface area contributed by atoms with Crippen LogP contribution in [0.2, 0.25) is 5.02 Å². The van der Waals surface area contributed by atoms with Crippen molar-refractivity contribution in [1.82, 2.24) is 4.57 Å². The fourth-order valence-electron chi connectivity index (χ4n) is 4.33. The number of nitrogens with zero attached hydrogens (tertiary/aromatic N) is 2. The van der Waals surface area contributed by atoms with Gasteiger partial charge < -0.3 is 14.0 Å². The summed E-state index contributed by atoms with van der Waals surface area (Å²) in [4.78, 5) is 19.5. The van der Waals surface area contributed by atoms with Gasteiger partial charge in [-0.25, -0.2) is 0 Å². The van der Waals surface area contributed by atoms with Crippen molar-refractivity contribution in [3.8, 4) is 5.75 Å². The molecule has 4 rings (SSSR count). The van der Waals surface area contributed by atoms with Gasteiger partial charge in [0, 0.05) is 11.6 Å². The number of ether oxygens (including phenoxy) is 2. The molecule has 7 heteroatoms. The Kier molecular flexibility index (Phi) is 5.16. The minimum Gasteiger partial charge on any atom is -0.496 e. The maximum absolute atomic E-state index is 13.1. The molecule has 0 spiro atoms. The Hall–Kier alpha value is -1.63. The fraction of sp³-hybridized carbons (Fsp3) is 0.545. The second-order valence-electron chi connectivity index (χ2n) is 8.85. The topological polar surface area (TPSA) is 52.8 Å². The summed E-state index contributed by atoms with van der Waals surface area (Å²) >= 11 is 7.67. The number of benzene rings is 1. The Bertz CT molecular complexity index is 1030. The maximum atomic E-state index is 13.1. The number of fused-ring (bicyclic) bond motifs is 1. The van der Waals surface area contributed by atoms with Crippen molar-refractivity contribution in [2.45, 2.75) is 64.7 Å². The lowest BCUT2D eigenvalue weighted by atomic mass is 9.85. The van der Waals surface area contributed by atoms with Gasteiger partial charge in [0.15, 0.2) is 4.80 Å². The van der Waals surface area contributed by atoms with Crippen LogP contribution in [0.25, 0.3) is 0 Å². The van der Waals surface area contributed by atoms with E-state index in [4.69, 9.17) is 21.1 Å². The van der Waals surface area contributed by atoms with Crippen LogP contribution in [0.4, 0.5) is 0 Å². The minimum atomic E-state index is -0.427. The van der Waals surface area contributed by atoms with Crippen LogP contribution in [0, 0.1) is 5.92 Å². The Labute approximate surface area is 180 Å². The predicted octanol–water partition coefficient (Wildman–Crippen LogP) is 5.25. The number of halogens is 1. The Morgan fingerprint density at radius 3 is 2.66 bits per heavy atom. The first-order valence-electron chi connectivity index (χ1n) is 10.00. The quantitative estimate of drug-likeness (QED) is 0.660. The van der Waals surface area contributed by atoms with E-state index in [1.54, 1.807) is 36.6 Å². The average molecular weight is 435 g/mol. The van der Waals surface area contributed by atoms with Gasteiger partial charge in [0.05, 0.1) is 28.8 Å². The van der Waals surface area contributed by atoms with Crippen molar-refractivity contribution in [2.75, 3.05) is 7.11 Å². The summed E-state index contributed by atoms with van der Waals surface area (Å²) in [7, 11) is 1.54. The lowest BCUT2D eigenvalue weighted by Gasteiger charge is -2.29. The molecule has 0 N–H and O–H groups in total. The summed E-state index contributed by atoms with van der Waals surface area (Å²) in [5.74, 6) is 0.757. The molecule has 0 bridgehead atoms. The van der Waals surface area contributed by atoms with Crippen molar-refractivity contribution in [3.05, 3.63) is 44.2 Å². The average Bonchev–Trinajstić information content (AvgIpc) is 3.04. The van der Waals surface area contributed by atoms with E-state index in [1.807, 2.05) is 0 Å². The molecule has 156 valence electrons. The van der Waals surface area contributed by atoms with E-state index in [1.165, 1.54) is 19.3 Å². The van der Waals surface area contributed by atoms with Gasteiger partial charge in [-0.1, -0.05) is 29.4 Å². The van der Waals surface area contributed by atoms with E-state index in [9.17, 15) is 4.79 Å².